The fourth-order valence-electron chi connectivity index (χ4n) is 4.10. The standard InChI is InChI=1S/C24H27FN2O5S2/c1-26-18(11-10-16-8-9-16)14-27(17-6-4-3-5-7-17)20-12-22(33-2)21(13-23(20)34(26,30)31)32-15-19(25)24(28)29/h3-7,12-13,15-16,18H,8-11,14H2,1-2H3,(H,28,29)/b19-15-/t18-/m1/s1. The summed E-state index contributed by atoms with van der Waals surface area (Å²) >= 11 is 1.30. The molecule has 4 rings (SSSR count). The first-order valence-corrected chi connectivity index (χ1v) is 13.7. The number of thioether (sulfide) groups is 1. The van der Waals surface area contributed by atoms with Crippen LogP contribution >= 0.6 is 11.8 Å². The van der Waals surface area contributed by atoms with E-state index in [9.17, 15) is 17.6 Å². The molecule has 10 heteroatoms. The second-order valence-electron chi connectivity index (χ2n) is 8.50. The number of aliphatic carboxylic acids is 1. The third kappa shape index (κ3) is 5.08. The molecule has 1 fully saturated rings. The van der Waals surface area contributed by atoms with E-state index in [1.165, 1.54) is 35.0 Å². The summed E-state index contributed by atoms with van der Waals surface area (Å²) in [6, 6.07) is 12.4. The maximum Gasteiger partial charge on any atom is 0.368 e. The number of ether oxygens (including phenoxy) is 1. The number of carbonyl (C=O) groups is 1. The Morgan fingerprint density at radius 2 is 1.94 bits per heavy atom. The molecule has 0 radical (unpaired) electrons. The molecular formula is C24H27FN2O5S2. The van der Waals surface area contributed by atoms with Crippen LogP contribution < -0.4 is 9.64 Å². The van der Waals surface area contributed by atoms with Gasteiger partial charge in [-0.25, -0.2) is 13.2 Å². The van der Waals surface area contributed by atoms with Crippen molar-refractivity contribution >= 4 is 39.1 Å². The number of likely N-dealkylation sites (N-methyl/N-ethyl adjacent to an activating group) is 1. The SMILES string of the molecule is CSc1cc2c(cc1O/C=C(\F)C(=O)O)S(=O)(=O)N(C)[C@H](CCC1CC1)CN2c1ccccc1. The van der Waals surface area contributed by atoms with Crippen LogP contribution in [0, 0.1) is 5.92 Å². The number of para-hydroxylation sites is 1. The molecule has 2 aliphatic rings. The monoisotopic (exact) mass is 506 g/mol. The number of hydrogen-bond acceptors (Lipinski definition) is 6. The lowest BCUT2D eigenvalue weighted by Gasteiger charge is -2.29. The molecule has 0 unspecified atom stereocenters. The summed E-state index contributed by atoms with van der Waals surface area (Å²) in [6.45, 7) is 0.487. The molecule has 0 bridgehead atoms. The lowest BCUT2D eigenvalue weighted by molar-refractivity contribution is -0.134. The highest BCUT2D eigenvalue weighted by Gasteiger charge is 2.38. The number of nitrogens with zero attached hydrogens (tertiary/aromatic N) is 2. The summed E-state index contributed by atoms with van der Waals surface area (Å²) in [4.78, 5) is 13.4. The average molecular weight is 507 g/mol. The van der Waals surface area contributed by atoms with Crippen LogP contribution in [0.5, 0.6) is 5.75 Å². The Morgan fingerprint density at radius 3 is 2.56 bits per heavy atom. The Kier molecular flexibility index (Phi) is 7.20. The van der Waals surface area contributed by atoms with Gasteiger partial charge in [-0.2, -0.15) is 8.70 Å². The van der Waals surface area contributed by atoms with Crippen molar-refractivity contribution in [3.63, 3.8) is 0 Å². The Hall–Kier alpha value is -2.56. The highest BCUT2D eigenvalue weighted by Crippen LogP contribution is 2.44. The molecule has 1 N–H and O–H groups in total. The van der Waals surface area contributed by atoms with Crippen LogP contribution in [-0.2, 0) is 14.8 Å². The molecule has 0 saturated heterocycles. The zero-order chi connectivity index (χ0) is 24.5. The van der Waals surface area contributed by atoms with E-state index in [1.54, 1.807) is 19.4 Å². The molecule has 1 aliphatic carbocycles. The number of carboxylic acids is 1. The summed E-state index contributed by atoms with van der Waals surface area (Å²) in [5.41, 5.74) is 1.37. The van der Waals surface area contributed by atoms with Gasteiger partial charge in [0, 0.05) is 31.4 Å². The summed E-state index contributed by atoms with van der Waals surface area (Å²) in [5, 5.41) is 8.78. The molecule has 34 heavy (non-hydrogen) atoms. The Morgan fingerprint density at radius 1 is 1.24 bits per heavy atom. The van der Waals surface area contributed by atoms with E-state index in [0.717, 1.165) is 18.5 Å². The van der Waals surface area contributed by atoms with Crippen molar-refractivity contribution in [3.05, 3.63) is 54.6 Å². The Balaban J connectivity index is 1.84. The topological polar surface area (TPSA) is 87.1 Å². The minimum Gasteiger partial charge on any atom is -0.476 e. The largest absolute Gasteiger partial charge is 0.476 e. The number of fused-ring (bicyclic) bond motifs is 1. The highest BCUT2D eigenvalue weighted by atomic mass is 32.2. The molecule has 2 aromatic carbocycles. The molecule has 0 spiro atoms. The minimum atomic E-state index is -3.91. The van der Waals surface area contributed by atoms with E-state index in [-0.39, 0.29) is 16.7 Å². The van der Waals surface area contributed by atoms with Gasteiger partial charge in [-0.1, -0.05) is 31.0 Å². The molecule has 1 atom stereocenters. The molecule has 0 amide bonds. The zero-order valence-electron chi connectivity index (χ0n) is 19.0. The van der Waals surface area contributed by atoms with Crippen molar-refractivity contribution in [1.29, 1.82) is 0 Å². The van der Waals surface area contributed by atoms with Gasteiger partial charge in [0.1, 0.15) is 16.9 Å². The van der Waals surface area contributed by atoms with Gasteiger partial charge in [-0.3, -0.25) is 0 Å². The Labute approximate surface area is 203 Å². The average Bonchev–Trinajstić information content (AvgIpc) is 3.67. The van der Waals surface area contributed by atoms with E-state index in [0.29, 0.717) is 29.3 Å². The van der Waals surface area contributed by atoms with Gasteiger partial charge in [0.05, 0.1) is 10.6 Å². The molecule has 0 aromatic heterocycles. The second kappa shape index (κ2) is 9.97. The molecule has 7 nitrogen and oxygen atoms in total. The van der Waals surface area contributed by atoms with E-state index in [1.807, 2.05) is 35.2 Å². The molecule has 2 aromatic rings. The molecule has 1 heterocycles. The van der Waals surface area contributed by atoms with Gasteiger partial charge in [0.2, 0.25) is 15.9 Å². The van der Waals surface area contributed by atoms with Crippen molar-refractivity contribution in [1.82, 2.24) is 4.31 Å². The first-order valence-electron chi connectivity index (χ1n) is 11.0. The van der Waals surface area contributed by atoms with E-state index in [2.05, 4.69) is 0 Å². The van der Waals surface area contributed by atoms with Crippen LogP contribution in [0.2, 0.25) is 0 Å². The van der Waals surface area contributed by atoms with Crippen molar-refractivity contribution in [2.75, 3.05) is 24.7 Å². The fraction of sp³-hybridized carbons (Fsp3) is 0.375. The maximum absolute atomic E-state index is 13.7. The lowest BCUT2D eigenvalue weighted by atomic mass is 10.1. The van der Waals surface area contributed by atoms with E-state index in [4.69, 9.17) is 9.84 Å². The molecule has 1 aliphatic heterocycles. The Bertz CT molecular complexity index is 1200. The van der Waals surface area contributed by atoms with Crippen LogP contribution in [0.25, 0.3) is 0 Å². The van der Waals surface area contributed by atoms with Crippen molar-refractivity contribution in [3.8, 4) is 5.75 Å². The van der Waals surface area contributed by atoms with Crippen LogP contribution in [0.15, 0.2) is 64.3 Å². The van der Waals surface area contributed by atoms with Crippen LogP contribution in [-0.4, -0.2) is 49.7 Å². The number of hydrogen-bond donors (Lipinski definition) is 1. The van der Waals surface area contributed by atoms with Crippen molar-refractivity contribution in [2.24, 2.45) is 5.92 Å². The van der Waals surface area contributed by atoms with Crippen LogP contribution in [0.4, 0.5) is 15.8 Å². The van der Waals surface area contributed by atoms with Gasteiger partial charge in [0.15, 0.2) is 0 Å². The van der Waals surface area contributed by atoms with Crippen LogP contribution in [0.3, 0.4) is 0 Å². The summed E-state index contributed by atoms with van der Waals surface area (Å²) in [5.74, 6) is -2.50. The van der Waals surface area contributed by atoms with Gasteiger partial charge in [-0.05, 0) is 43.2 Å². The van der Waals surface area contributed by atoms with Crippen molar-refractivity contribution in [2.45, 2.75) is 41.5 Å². The smallest absolute Gasteiger partial charge is 0.368 e. The minimum absolute atomic E-state index is 0.0321. The number of halogens is 1. The predicted octanol–water partition coefficient (Wildman–Crippen LogP) is 5.01. The van der Waals surface area contributed by atoms with Gasteiger partial charge in [0.25, 0.3) is 0 Å². The van der Waals surface area contributed by atoms with E-state index < -0.39 is 21.8 Å². The van der Waals surface area contributed by atoms with Gasteiger partial charge < -0.3 is 14.7 Å². The summed E-state index contributed by atoms with van der Waals surface area (Å²) < 4.78 is 47.7. The third-order valence-electron chi connectivity index (χ3n) is 6.27. The predicted molar refractivity (Wildman–Crippen MR) is 130 cm³/mol. The van der Waals surface area contributed by atoms with Crippen LogP contribution in [0.1, 0.15) is 25.7 Å². The zero-order valence-corrected chi connectivity index (χ0v) is 20.6. The molecular weight excluding hydrogens is 479 g/mol. The maximum atomic E-state index is 13.7. The van der Waals surface area contributed by atoms with Gasteiger partial charge in [-0.15, -0.1) is 11.8 Å². The first kappa shape index (κ1) is 24.6. The number of benzene rings is 2. The fourth-order valence-corrected chi connectivity index (χ4v) is 6.20. The quantitative estimate of drug-likeness (QED) is 0.306. The number of rotatable bonds is 8. The third-order valence-corrected chi connectivity index (χ3v) is 8.97. The molecule has 1 saturated carbocycles. The highest BCUT2D eigenvalue weighted by molar-refractivity contribution is 7.98. The van der Waals surface area contributed by atoms with Crippen molar-refractivity contribution < 1.29 is 27.4 Å². The summed E-state index contributed by atoms with van der Waals surface area (Å²) in [7, 11) is -2.31. The molecule has 182 valence electrons. The number of sulfonamides is 1. The second-order valence-corrected chi connectivity index (χ2v) is 11.3. The lowest BCUT2D eigenvalue weighted by Crippen LogP contribution is -2.40. The number of anilines is 2. The normalized spacial score (nSPS) is 20.5. The number of carboxylic acid groups (broad SMARTS) is 1. The van der Waals surface area contributed by atoms with Gasteiger partial charge >= 0.3 is 5.97 Å². The first-order chi connectivity index (χ1) is 16.2. The van der Waals surface area contributed by atoms with E-state index >= 15 is 0 Å². The summed E-state index contributed by atoms with van der Waals surface area (Å²) in [6.07, 6.45) is 6.39.